The number of carboxylic acid groups (broad SMARTS) is 1. The summed E-state index contributed by atoms with van der Waals surface area (Å²) < 4.78 is 5.46. The maximum absolute atomic E-state index is 11.5. The molecule has 1 aromatic heterocycles. The standard InChI is InChI=1S/C19H13N3O4/c20-16(23)9-26-15-6-2-3-11-10(15)7-8-14-17(11)22-18-12(19(24)25)4-1-5-13(18)21-14/h1-8H,9H2,(H2,20,23)(H,24,25). The van der Waals surface area contributed by atoms with Gasteiger partial charge >= 0.3 is 5.97 Å². The van der Waals surface area contributed by atoms with E-state index in [2.05, 4.69) is 9.97 Å². The van der Waals surface area contributed by atoms with Crippen molar-refractivity contribution in [1.29, 1.82) is 0 Å². The van der Waals surface area contributed by atoms with Crippen LogP contribution >= 0.6 is 0 Å². The van der Waals surface area contributed by atoms with Crippen LogP contribution in [0.25, 0.3) is 32.8 Å². The van der Waals surface area contributed by atoms with Crippen molar-refractivity contribution >= 4 is 44.7 Å². The summed E-state index contributed by atoms with van der Waals surface area (Å²) in [7, 11) is 0. The minimum absolute atomic E-state index is 0.0926. The van der Waals surface area contributed by atoms with Crippen LogP contribution in [0.15, 0.2) is 48.5 Å². The van der Waals surface area contributed by atoms with Gasteiger partial charge in [0.2, 0.25) is 0 Å². The van der Waals surface area contributed by atoms with Crippen molar-refractivity contribution in [3.63, 3.8) is 0 Å². The van der Waals surface area contributed by atoms with Crippen LogP contribution < -0.4 is 10.5 Å². The molecule has 0 spiro atoms. The molecular formula is C19H13N3O4. The van der Waals surface area contributed by atoms with Crippen LogP contribution in [0.5, 0.6) is 5.75 Å². The molecule has 0 saturated heterocycles. The lowest BCUT2D eigenvalue weighted by Gasteiger charge is -2.10. The zero-order chi connectivity index (χ0) is 18.3. The molecule has 4 rings (SSSR count). The minimum Gasteiger partial charge on any atom is -0.483 e. The van der Waals surface area contributed by atoms with Crippen LogP contribution in [0.2, 0.25) is 0 Å². The third kappa shape index (κ3) is 2.55. The van der Waals surface area contributed by atoms with Gasteiger partial charge in [-0.25, -0.2) is 14.8 Å². The first-order chi connectivity index (χ1) is 12.5. The first-order valence-electron chi connectivity index (χ1n) is 7.81. The first-order valence-corrected chi connectivity index (χ1v) is 7.81. The average molecular weight is 347 g/mol. The molecule has 0 aliphatic carbocycles. The zero-order valence-corrected chi connectivity index (χ0v) is 13.5. The number of benzene rings is 3. The number of rotatable bonds is 4. The van der Waals surface area contributed by atoms with Gasteiger partial charge in [-0.2, -0.15) is 0 Å². The summed E-state index contributed by atoms with van der Waals surface area (Å²) in [4.78, 5) is 31.6. The van der Waals surface area contributed by atoms with E-state index in [0.29, 0.717) is 27.8 Å². The predicted molar refractivity (Wildman–Crippen MR) is 96.2 cm³/mol. The molecule has 0 saturated carbocycles. The molecule has 7 nitrogen and oxygen atoms in total. The number of fused-ring (bicyclic) bond motifs is 4. The van der Waals surface area contributed by atoms with Gasteiger partial charge < -0.3 is 15.6 Å². The Kier molecular flexibility index (Phi) is 3.62. The molecule has 4 aromatic rings. The fraction of sp³-hybridized carbons (Fsp3) is 0.0526. The fourth-order valence-electron chi connectivity index (χ4n) is 2.94. The second-order valence-electron chi connectivity index (χ2n) is 5.74. The van der Waals surface area contributed by atoms with E-state index in [9.17, 15) is 14.7 Å². The van der Waals surface area contributed by atoms with Gasteiger partial charge in [0.25, 0.3) is 5.91 Å². The Hall–Kier alpha value is -3.74. The van der Waals surface area contributed by atoms with Crippen LogP contribution in [-0.2, 0) is 4.79 Å². The number of ether oxygens (including phenoxy) is 1. The van der Waals surface area contributed by atoms with E-state index >= 15 is 0 Å². The van der Waals surface area contributed by atoms with Gasteiger partial charge in [-0.15, -0.1) is 0 Å². The van der Waals surface area contributed by atoms with E-state index in [4.69, 9.17) is 10.5 Å². The molecule has 0 atom stereocenters. The summed E-state index contributed by atoms with van der Waals surface area (Å²) in [6.07, 6.45) is 0. The third-order valence-corrected chi connectivity index (χ3v) is 4.05. The summed E-state index contributed by atoms with van der Waals surface area (Å²) in [5, 5.41) is 10.9. The number of hydrogen-bond acceptors (Lipinski definition) is 5. The summed E-state index contributed by atoms with van der Waals surface area (Å²) in [5.74, 6) is -1.13. The van der Waals surface area contributed by atoms with Crippen LogP contribution in [0.4, 0.5) is 0 Å². The van der Waals surface area contributed by atoms with Gasteiger partial charge in [0.15, 0.2) is 6.61 Å². The maximum atomic E-state index is 11.5. The van der Waals surface area contributed by atoms with Crippen molar-refractivity contribution < 1.29 is 19.4 Å². The lowest BCUT2D eigenvalue weighted by atomic mass is 10.1. The number of amides is 1. The van der Waals surface area contributed by atoms with Crippen molar-refractivity contribution in [2.24, 2.45) is 5.73 Å². The first kappa shape index (κ1) is 15.8. The van der Waals surface area contributed by atoms with Crippen LogP contribution in [-0.4, -0.2) is 33.6 Å². The van der Waals surface area contributed by atoms with Gasteiger partial charge in [0.1, 0.15) is 11.3 Å². The van der Waals surface area contributed by atoms with Crippen LogP contribution in [0, 0.1) is 0 Å². The lowest BCUT2D eigenvalue weighted by molar-refractivity contribution is -0.119. The van der Waals surface area contributed by atoms with E-state index in [1.165, 1.54) is 6.07 Å². The number of primary amides is 1. The van der Waals surface area contributed by atoms with Crippen molar-refractivity contribution in [3.05, 3.63) is 54.1 Å². The van der Waals surface area contributed by atoms with E-state index < -0.39 is 11.9 Å². The largest absolute Gasteiger partial charge is 0.483 e. The molecule has 0 bridgehead atoms. The van der Waals surface area contributed by atoms with Gasteiger partial charge in [0, 0.05) is 10.8 Å². The van der Waals surface area contributed by atoms with Crippen LogP contribution in [0.3, 0.4) is 0 Å². The smallest absolute Gasteiger partial charge is 0.337 e. The van der Waals surface area contributed by atoms with E-state index in [1.54, 1.807) is 30.3 Å². The molecule has 0 unspecified atom stereocenters. The second kappa shape index (κ2) is 5.96. The molecule has 3 N–H and O–H groups in total. The molecule has 26 heavy (non-hydrogen) atoms. The highest BCUT2D eigenvalue weighted by Crippen LogP contribution is 2.31. The van der Waals surface area contributed by atoms with E-state index in [-0.39, 0.29) is 12.2 Å². The number of hydrogen-bond donors (Lipinski definition) is 2. The number of nitrogens with zero attached hydrogens (tertiary/aromatic N) is 2. The Morgan fingerprint density at radius 2 is 1.69 bits per heavy atom. The Morgan fingerprint density at radius 1 is 0.923 bits per heavy atom. The number of aromatic nitrogens is 2. The third-order valence-electron chi connectivity index (χ3n) is 4.05. The normalized spacial score (nSPS) is 11.1. The van der Waals surface area contributed by atoms with Crippen LogP contribution in [0.1, 0.15) is 10.4 Å². The van der Waals surface area contributed by atoms with Crippen molar-refractivity contribution in [2.75, 3.05) is 6.61 Å². The minimum atomic E-state index is -1.06. The summed E-state index contributed by atoms with van der Waals surface area (Å²) in [5.41, 5.74) is 7.27. The number of carbonyl (C=O) groups is 2. The quantitative estimate of drug-likeness (QED) is 0.433. The Balaban J connectivity index is 2.02. The molecule has 1 heterocycles. The topological polar surface area (TPSA) is 115 Å². The number of para-hydroxylation sites is 1. The molecule has 7 heteroatoms. The molecule has 1 amide bonds. The van der Waals surface area contributed by atoms with Gasteiger partial charge in [-0.1, -0.05) is 18.2 Å². The highest BCUT2D eigenvalue weighted by Gasteiger charge is 2.14. The number of carboxylic acids is 1. The number of carbonyl (C=O) groups excluding carboxylic acids is 1. The average Bonchev–Trinajstić information content (AvgIpc) is 2.63. The summed E-state index contributed by atoms with van der Waals surface area (Å²) in [6.45, 7) is -0.232. The zero-order valence-electron chi connectivity index (χ0n) is 13.5. The van der Waals surface area contributed by atoms with Gasteiger partial charge in [-0.05, 0) is 30.3 Å². The van der Waals surface area contributed by atoms with Crippen molar-refractivity contribution in [2.45, 2.75) is 0 Å². The predicted octanol–water partition coefficient (Wildman–Crippen LogP) is 2.50. The molecule has 128 valence electrons. The summed E-state index contributed by atoms with van der Waals surface area (Å²) >= 11 is 0. The van der Waals surface area contributed by atoms with E-state index in [0.717, 1.165) is 10.8 Å². The second-order valence-corrected chi connectivity index (χ2v) is 5.74. The monoisotopic (exact) mass is 347 g/mol. The lowest BCUT2D eigenvalue weighted by Crippen LogP contribution is -2.20. The number of aromatic carboxylic acids is 1. The molecule has 0 fully saturated rings. The molecule has 0 radical (unpaired) electrons. The fourth-order valence-corrected chi connectivity index (χ4v) is 2.94. The van der Waals surface area contributed by atoms with Gasteiger partial charge in [0.05, 0.1) is 22.1 Å². The molecule has 0 aliphatic heterocycles. The molecule has 3 aromatic carbocycles. The summed E-state index contributed by atoms with van der Waals surface area (Å²) in [6, 6.07) is 13.8. The van der Waals surface area contributed by atoms with Crippen molar-refractivity contribution in [1.82, 2.24) is 9.97 Å². The van der Waals surface area contributed by atoms with E-state index in [1.807, 2.05) is 12.1 Å². The molecule has 0 aliphatic rings. The SMILES string of the molecule is NC(=O)COc1cccc2c1ccc1nc3cccc(C(=O)O)c3nc12. The number of nitrogens with two attached hydrogens (primary N) is 1. The maximum Gasteiger partial charge on any atom is 0.337 e. The van der Waals surface area contributed by atoms with Gasteiger partial charge in [-0.3, -0.25) is 4.79 Å². The highest BCUT2D eigenvalue weighted by atomic mass is 16.5. The Labute approximate surface area is 147 Å². The van der Waals surface area contributed by atoms with Crippen molar-refractivity contribution in [3.8, 4) is 5.75 Å². The Bertz CT molecular complexity index is 1200. The highest BCUT2D eigenvalue weighted by molar-refractivity contribution is 6.10. The molecular weight excluding hydrogens is 334 g/mol. The Morgan fingerprint density at radius 3 is 2.46 bits per heavy atom.